The number of carbonyl (C=O) groups is 2. The van der Waals surface area contributed by atoms with Gasteiger partial charge < -0.3 is 4.74 Å². The maximum atomic E-state index is 12.6. The first kappa shape index (κ1) is 22.4. The van der Waals surface area contributed by atoms with E-state index < -0.39 is 5.97 Å². The summed E-state index contributed by atoms with van der Waals surface area (Å²) in [6.45, 7) is 1.85. The third-order valence-corrected chi connectivity index (χ3v) is 5.66. The van der Waals surface area contributed by atoms with Crippen molar-refractivity contribution in [2.75, 3.05) is 0 Å². The van der Waals surface area contributed by atoms with Crippen molar-refractivity contribution in [2.24, 2.45) is 5.10 Å². The Morgan fingerprint density at radius 1 is 0.970 bits per heavy atom. The Bertz CT molecular complexity index is 1360. The van der Waals surface area contributed by atoms with E-state index in [1.165, 1.54) is 6.21 Å². The van der Waals surface area contributed by atoms with Crippen molar-refractivity contribution < 1.29 is 14.3 Å². The summed E-state index contributed by atoms with van der Waals surface area (Å²) in [5.74, 6) is -0.348. The number of benzene rings is 4. The molecule has 0 unspecified atom stereocenters. The fraction of sp³-hybridized carbons (Fsp3) is 0.0741. The van der Waals surface area contributed by atoms with Crippen LogP contribution in [-0.4, -0.2) is 18.1 Å². The summed E-state index contributed by atoms with van der Waals surface area (Å²) < 4.78 is 6.40. The van der Waals surface area contributed by atoms with E-state index in [1.54, 1.807) is 30.3 Å². The van der Waals surface area contributed by atoms with E-state index >= 15 is 0 Å². The third-order valence-electron chi connectivity index (χ3n) is 5.16. The molecule has 0 aliphatic carbocycles. The number of amides is 1. The van der Waals surface area contributed by atoms with Gasteiger partial charge in [-0.05, 0) is 53.1 Å². The van der Waals surface area contributed by atoms with Crippen LogP contribution < -0.4 is 10.2 Å². The van der Waals surface area contributed by atoms with E-state index in [-0.39, 0.29) is 12.3 Å². The van der Waals surface area contributed by atoms with E-state index in [0.29, 0.717) is 16.9 Å². The molecular weight excluding hydrogens is 480 g/mol. The smallest absolute Gasteiger partial charge is 0.343 e. The largest absolute Gasteiger partial charge is 0.422 e. The van der Waals surface area contributed by atoms with Crippen molar-refractivity contribution in [1.82, 2.24) is 5.43 Å². The number of carbonyl (C=O) groups excluding carboxylic acids is 2. The minimum absolute atomic E-state index is 0.201. The number of hydrogen-bond donors (Lipinski definition) is 1. The Kier molecular flexibility index (Phi) is 6.95. The predicted molar refractivity (Wildman–Crippen MR) is 134 cm³/mol. The van der Waals surface area contributed by atoms with E-state index in [1.807, 2.05) is 61.5 Å². The molecule has 0 saturated carbocycles. The van der Waals surface area contributed by atoms with Crippen molar-refractivity contribution in [1.29, 1.82) is 0 Å². The summed E-state index contributed by atoms with van der Waals surface area (Å²) in [6, 6.07) is 26.3. The highest BCUT2D eigenvalue weighted by Gasteiger charge is 2.13. The number of halogens is 1. The highest BCUT2D eigenvalue weighted by molar-refractivity contribution is 9.10. The van der Waals surface area contributed by atoms with Crippen LogP contribution in [-0.2, 0) is 11.2 Å². The van der Waals surface area contributed by atoms with Crippen LogP contribution in [0.4, 0.5) is 0 Å². The zero-order chi connectivity index (χ0) is 23.2. The third kappa shape index (κ3) is 5.54. The predicted octanol–water partition coefficient (Wildman–Crippen LogP) is 5.82. The number of esters is 1. The molecule has 1 N–H and O–H groups in total. The second-order valence-electron chi connectivity index (χ2n) is 7.49. The molecule has 0 aromatic heterocycles. The van der Waals surface area contributed by atoms with Gasteiger partial charge in [-0.1, -0.05) is 76.6 Å². The average molecular weight is 501 g/mol. The lowest BCUT2D eigenvalue weighted by Gasteiger charge is -2.09. The maximum absolute atomic E-state index is 12.6. The molecule has 164 valence electrons. The number of hydrogen-bond acceptors (Lipinski definition) is 4. The second kappa shape index (κ2) is 10.2. The van der Waals surface area contributed by atoms with Crippen molar-refractivity contribution in [3.8, 4) is 5.75 Å². The normalized spacial score (nSPS) is 11.0. The first-order valence-electron chi connectivity index (χ1n) is 10.4. The Morgan fingerprint density at radius 3 is 2.58 bits per heavy atom. The van der Waals surface area contributed by atoms with Crippen LogP contribution in [0.1, 0.15) is 27.0 Å². The molecule has 0 fully saturated rings. The van der Waals surface area contributed by atoms with Gasteiger partial charge in [-0.25, -0.2) is 10.2 Å². The van der Waals surface area contributed by atoms with Gasteiger partial charge in [0.05, 0.1) is 18.2 Å². The molecule has 5 nitrogen and oxygen atoms in total. The van der Waals surface area contributed by atoms with Gasteiger partial charge in [0, 0.05) is 10.0 Å². The number of ether oxygens (including phenoxy) is 1. The lowest BCUT2D eigenvalue weighted by Crippen LogP contribution is -2.20. The van der Waals surface area contributed by atoms with Gasteiger partial charge >= 0.3 is 5.97 Å². The molecule has 0 bridgehead atoms. The van der Waals surface area contributed by atoms with Crippen molar-refractivity contribution in [3.05, 3.63) is 112 Å². The molecule has 0 aliphatic rings. The van der Waals surface area contributed by atoms with Crippen LogP contribution in [0.15, 0.2) is 94.5 Å². The fourth-order valence-electron chi connectivity index (χ4n) is 3.50. The topological polar surface area (TPSA) is 67.8 Å². The molecule has 33 heavy (non-hydrogen) atoms. The molecule has 4 aromatic carbocycles. The molecule has 0 heterocycles. The molecule has 0 aliphatic heterocycles. The van der Waals surface area contributed by atoms with Crippen LogP contribution in [0.5, 0.6) is 5.75 Å². The summed E-state index contributed by atoms with van der Waals surface area (Å²) in [5, 5.41) is 6.20. The molecular formula is C27H21BrN2O3. The molecule has 0 atom stereocenters. The number of aryl methyl sites for hydroxylation is 1. The Labute approximate surface area is 200 Å². The first-order chi connectivity index (χ1) is 16.0. The van der Waals surface area contributed by atoms with Crippen LogP contribution >= 0.6 is 15.9 Å². The average Bonchev–Trinajstić information content (AvgIpc) is 2.81. The zero-order valence-electron chi connectivity index (χ0n) is 17.9. The van der Waals surface area contributed by atoms with Gasteiger partial charge in [-0.2, -0.15) is 5.10 Å². The van der Waals surface area contributed by atoms with E-state index in [4.69, 9.17) is 4.74 Å². The fourth-order valence-corrected chi connectivity index (χ4v) is 3.88. The van der Waals surface area contributed by atoms with Gasteiger partial charge in [0.2, 0.25) is 5.91 Å². The highest BCUT2D eigenvalue weighted by Crippen LogP contribution is 2.23. The number of nitrogens with one attached hydrogen (secondary N) is 1. The Morgan fingerprint density at radius 2 is 1.73 bits per heavy atom. The van der Waals surface area contributed by atoms with Gasteiger partial charge in [0.15, 0.2) is 0 Å². The molecule has 1 amide bonds. The van der Waals surface area contributed by atoms with Gasteiger partial charge in [0.25, 0.3) is 0 Å². The molecule has 4 aromatic rings. The highest BCUT2D eigenvalue weighted by atomic mass is 79.9. The molecule has 0 radical (unpaired) electrons. The Balaban J connectivity index is 1.46. The summed E-state index contributed by atoms with van der Waals surface area (Å²) in [5.41, 5.74) is 5.36. The maximum Gasteiger partial charge on any atom is 0.343 e. The monoisotopic (exact) mass is 500 g/mol. The van der Waals surface area contributed by atoms with Gasteiger partial charge in [-0.15, -0.1) is 0 Å². The molecule has 6 heteroatoms. The number of rotatable bonds is 6. The van der Waals surface area contributed by atoms with Crippen molar-refractivity contribution in [2.45, 2.75) is 13.3 Å². The minimum atomic E-state index is -0.454. The van der Waals surface area contributed by atoms with Gasteiger partial charge in [-0.3, -0.25) is 4.79 Å². The minimum Gasteiger partial charge on any atom is -0.422 e. The van der Waals surface area contributed by atoms with E-state index in [9.17, 15) is 9.59 Å². The Hall–Kier alpha value is -3.77. The SMILES string of the molecule is Cc1ccccc1C(=O)Oc1ccc(Br)cc1/C=N\NC(=O)Cc1cccc2ccccc12. The number of fused-ring (bicyclic) bond motifs is 1. The van der Waals surface area contributed by atoms with Crippen LogP contribution in [0, 0.1) is 6.92 Å². The second-order valence-corrected chi connectivity index (χ2v) is 8.41. The quantitative estimate of drug-likeness (QED) is 0.157. The van der Waals surface area contributed by atoms with Crippen LogP contribution in [0.2, 0.25) is 0 Å². The van der Waals surface area contributed by atoms with E-state index in [2.05, 4.69) is 26.5 Å². The first-order valence-corrected chi connectivity index (χ1v) is 11.2. The summed E-state index contributed by atoms with van der Waals surface area (Å²) in [4.78, 5) is 25.1. The number of hydrazone groups is 1. The standard InChI is InChI=1S/C27H21BrN2O3/c1-18-7-2-4-11-23(18)27(32)33-25-14-13-22(28)15-21(25)17-29-30-26(31)16-20-10-6-9-19-8-3-5-12-24(19)20/h2-15,17H,16H2,1H3,(H,30,31)/b29-17-. The van der Waals surface area contributed by atoms with E-state index in [0.717, 1.165) is 26.4 Å². The van der Waals surface area contributed by atoms with Crippen molar-refractivity contribution in [3.63, 3.8) is 0 Å². The molecule has 4 rings (SSSR count). The molecule has 0 spiro atoms. The summed E-state index contributed by atoms with van der Waals surface area (Å²) in [6.07, 6.45) is 1.67. The van der Waals surface area contributed by atoms with Crippen molar-refractivity contribution >= 4 is 44.8 Å². The number of nitrogens with zero attached hydrogens (tertiary/aromatic N) is 1. The molecule has 0 saturated heterocycles. The zero-order valence-corrected chi connectivity index (χ0v) is 19.5. The van der Waals surface area contributed by atoms with Crippen LogP contribution in [0.25, 0.3) is 10.8 Å². The summed E-state index contributed by atoms with van der Waals surface area (Å²) in [7, 11) is 0. The lowest BCUT2D eigenvalue weighted by molar-refractivity contribution is -0.120. The van der Waals surface area contributed by atoms with Gasteiger partial charge in [0.1, 0.15) is 5.75 Å². The summed E-state index contributed by atoms with van der Waals surface area (Å²) >= 11 is 3.42. The van der Waals surface area contributed by atoms with Crippen LogP contribution in [0.3, 0.4) is 0 Å². The lowest BCUT2D eigenvalue weighted by atomic mass is 10.0.